The molecule has 4 nitrogen and oxygen atoms in total. The van der Waals surface area contributed by atoms with Gasteiger partial charge in [-0.2, -0.15) is 0 Å². The van der Waals surface area contributed by atoms with E-state index in [0.717, 1.165) is 25.3 Å². The third kappa shape index (κ3) is 6.25. The zero-order valence-corrected chi connectivity index (χ0v) is 12.0. The molecule has 0 radical (unpaired) electrons. The highest BCUT2D eigenvalue weighted by Crippen LogP contribution is 2.12. The first-order chi connectivity index (χ1) is 9.15. The number of carbonyl (C=O) groups is 1. The van der Waals surface area contributed by atoms with Crippen molar-refractivity contribution >= 4 is 5.97 Å². The van der Waals surface area contributed by atoms with Gasteiger partial charge in [0.05, 0.1) is 13.7 Å². The van der Waals surface area contributed by atoms with Crippen molar-refractivity contribution in [3.05, 3.63) is 29.8 Å². The molecule has 0 spiro atoms. The van der Waals surface area contributed by atoms with E-state index < -0.39 is 0 Å². The summed E-state index contributed by atoms with van der Waals surface area (Å²) >= 11 is 0. The molecule has 0 aromatic heterocycles. The van der Waals surface area contributed by atoms with Gasteiger partial charge in [0.2, 0.25) is 0 Å². The molecule has 0 fully saturated rings. The molecule has 4 heteroatoms. The molecule has 0 unspecified atom stereocenters. The quantitative estimate of drug-likeness (QED) is 0.676. The normalized spacial score (nSPS) is 10.5. The Morgan fingerprint density at radius 3 is 2.74 bits per heavy atom. The number of hydrogen-bond donors (Lipinski definition) is 0. The van der Waals surface area contributed by atoms with Crippen molar-refractivity contribution in [1.82, 2.24) is 4.90 Å². The highest BCUT2D eigenvalue weighted by atomic mass is 16.5. The summed E-state index contributed by atoms with van der Waals surface area (Å²) in [6.45, 7) is 6.60. The van der Waals surface area contributed by atoms with Crippen molar-refractivity contribution in [2.75, 3.05) is 33.4 Å². The van der Waals surface area contributed by atoms with E-state index >= 15 is 0 Å². The van der Waals surface area contributed by atoms with Crippen LogP contribution in [0.1, 0.15) is 18.9 Å². The predicted octanol–water partition coefficient (Wildman–Crippen LogP) is 2.26. The van der Waals surface area contributed by atoms with E-state index in [-0.39, 0.29) is 5.97 Å². The molecule has 0 bridgehead atoms. The molecule has 0 saturated heterocycles. The summed E-state index contributed by atoms with van der Waals surface area (Å²) in [5.74, 6) is 0.665. The van der Waals surface area contributed by atoms with Crippen LogP contribution in [0.5, 0.6) is 5.75 Å². The Balaban J connectivity index is 2.37. The Bertz CT molecular complexity index is 393. The molecule has 19 heavy (non-hydrogen) atoms. The third-order valence-corrected chi connectivity index (χ3v) is 2.79. The van der Waals surface area contributed by atoms with Gasteiger partial charge in [-0.05, 0) is 37.6 Å². The first-order valence-corrected chi connectivity index (χ1v) is 6.64. The van der Waals surface area contributed by atoms with Gasteiger partial charge in [0, 0.05) is 6.54 Å². The lowest BCUT2D eigenvalue weighted by Gasteiger charge is -2.20. The SMILES string of the molecule is CCCN(CCOc1cccc(C)c1)CC(=O)OC. The van der Waals surface area contributed by atoms with Crippen LogP contribution in [-0.4, -0.2) is 44.2 Å². The smallest absolute Gasteiger partial charge is 0.319 e. The molecule has 0 heterocycles. The molecule has 0 amide bonds. The lowest BCUT2D eigenvalue weighted by molar-refractivity contribution is -0.142. The number of esters is 1. The van der Waals surface area contributed by atoms with E-state index in [9.17, 15) is 4.79 Å². The summed E-state index contributed by atoms with van der Waals surface area (Å²) in [6, 6.07) is 7.96. The van der Waals surface area contributed by atoms with Crippen LogP contribution in [0.2, 0.25) is 0 Å². The Morgan fingerprint density at radius 1 is 1.32 bits per heavy atom. The lowest BCUT2D eigenvalue weighted by Crippen LogP contribution is -2.34. The van der Waals surface area contributed by atoms with Crippen molar-refractivity contribution < 1.29 is 14.3 Å². The fraction of sp³-hybridized carbons (Fsp3) is 0.533. The van der Waals surface area contributed by atoms with Gasteiger partial charge in [-0.1, -0.05) is 19.1 Å². The lowest BCUT2D eigenvalue weighted by atomic mass is 10.2. The van der Waals surface area contributed by atoms with Gasteiger partial charge in [0.25, 0.3) is 0 Å². The molecule has 0 N–H and O–H groups in total. The topological polar surface area (TPSA) is 38.8 Å². The van der Waals surface area contributed by atoms with Crippen LogP contribution in [0.4, 0.5) is 0 Å². The molecule has 1 rings (SSSR count). The first-order valence-electron chi connectivity index (χ1n) is 6.64. The van der Waals surface area contributed by atoms with Crippen molar-refractivity contribution in [1.29, 1.82) is 0 Å². The minimum Gasteiger partial charge on any atom is -0.492 e. The molecule has 0 aliphatic rings. The minimum absolute atomic E-state index is 0.205. The van der Waals surface area contributed by atoms with E-state index in [2.05, 4.69) is 11.7 Å². The predicted molar refractivity (Wildman–Crippen MR) is 75.4 cm³/mol. The minimum atomic E-state index is -0.205. The first kappa shape index (κ1) is 15.5. The van der Waals surface area contributed by atoms with E-state index in [4.69, 9.17) is 4.74 Å². The molecule has 1 aromatic carbocycles. The second-order valence-corrected chi connectivity index (χ2v) is 4.52. The van der Waals surface area contributed by atoms with Crippen LogP contribution < -0.4 is 4.74 Å². The average molecular weight is 265 g/mol. The molecule has 0 aliphatic carbocycles. The van der Waals surface area contributed by atoms with Crippen LogP contribution >= 0.6 is 0 Å². The van der Waals surface area contributed by atoms with E-state index in [1.807, 2.05) is 36.1 Å². The van der Waals surface area contributed by atoms with Crippen LogP contribution in [0, 0.1) is 6.92 Å². The molecular formula is C15H23NO3. The number of nitrogens with zero attached hydrogens (tertiary/aromatic N) is 1. The highest BCUT2D eigenvalue weighted by molar-refractivity contribution is 5.71. The van der Waals surface area contributed by atoms with Gasteiger partial charge >= 0.3 is 5.97 Å². The van der Waals surface area contributed by atoms with Gasteiger partial charge in [0.15, 0.2) is 0 Å². The summed E-state index contributed by atoms with van der Waals surface area (Å²) < 4.78 is 10.4. The van der Waals surface area contributed by atoms with Crippen molar-refractivity contribution in [2.45, 2.75) is 20.3 Å². The second-order valence-electron chi connectivity index (χ2n) is 4.52. The van der Waals surface area contributed by atoms with Crippen LogP contribution in [0.15, 0.2) is 24.3 Å². The van der Waals surface area contributed by atoms with Crippen molar-refractivity contribution in [3.63, 3.8) is 0 Å². The zero-order chi connectivity index (χ0) is 14.1. The Kier molecular flexibility index (Phi) is 6.97. The number of ether oxygens (including phenoxy) is 2. The molecule has 1 aromatic rings. The van der Waals surface area contributed by atoms with Crippen molar-refractivity contribution in [2.24, 2.45) is 0 Å². The fourth-order valence-electron chi connectivity index (χ4n) is 1.83. The van der Waals surface area contributed by atoms with Crippen molar-refractivity contribution in [3.8, 4) is 5.75 Å². The number of carbonyl (C=O) groups excluding carboxylic acids is 1. The van der Waals surface area contributed by atoms with E-state index in [1.165, 1.54) is 12.7 Å². The summed E-state index contributed by atoms with van der Waals surface area (Å²) in [4.78, 5) is 13.3. The number of benzene rings is 1. The Hall–Kier alpha value is -1.55. The van der Waals surface area contributed by atoms with E-state index in [1.54, 1.807) is 0 Å². The molecule has 0 saturated carbocycles. The highest BCUT2D eigenvalue weighted by Gasteiger charge is 2.09. The number of hydrogen-bond acceptors (Lipinski definition) is 4. The fourth-order valence-corrected chi connectivity index (χ4v) is 1.83. The largest absolute Gasteiger partial charge is 0.492 e. The van der Waals surface area contributed by atoms with Crippen LogP contribution in [0.25, 0.3) is 0 Å². The van der Waals surface area contributed by atoms with Gasteiger partial charge in [-0.3, -0.25) is 9.69 Å². The number of aryl methyl sites for hydroxylation is 1. The second kappa shape index (κ2) is 8.53. The van der Waals surface area contributed by atoms with Gasteiger partial charge < -0.3 is 9.47 Å². The Labute approximate surface area is 115 Å². The number of methoxy groups -OCH3 is 1. The third-order valence-electron chi connectivity index (χ3n) is 2.79. The average Bonchev–Trinajstić information content (AvgIpc) is 2.39. The summed E-state index contributed by atoms with van der Waals surface area (Å²) in [5.41, 5.74) is 1.18. The summed E-state index contributed by atoms with van der Waals surface area (Å²) in [5, 5.41) is 0. The summed E-state index contributed by atoms with van der Waals surface area (Å²) in [6.07, 6.45) is 1.00. The van der Waals surface area contributed by atoms with E-state index in [0.29, 0.717) is 13.2 Å². The maximum absolute atomic E-state index is 11.3. The molecule has 0 atom stereocenters. The van der Waals surface area contributed by atoms with Crippen LogP contribution in [0.3, 0.4) is 0 Å². The molecular weight excluding hydrogens is 242 g/mol. The maximum atomic E-state index is 11.3. The van der Waals surface area contributed by atoms with Gasteiger partial charge in [-0.25, -0.2) is 0 Å². The molecule has 0 aliphatic heterocycles. The van der Waals surface area contributed by atoms with Gasteiger partial charge in [-0.15, -0.1) is 0 Å². The van der Waals surface area contributed by atoms with Gasteiger partial charge in [0.1, 0.15) is 12.4 Å². The zero-order valence-electron chi connectivity index (χ0n) is 12.0. The Morgan fingerprint density at radius 2 is 2.11 bits per heavy atom. The molecule has 106 valence electrons. The number of rotatable bonds is 8. The summed E-state index contributed by atoms with van der Waals surface area (Å²) in [7, 11) is 1.41. The standard InChI is InChI=1S/C15H23NO3/c1-4-8-16(12-15(17)18-3)9-10-19-14-7-5-6-13(2)11-14/h5-7,11H,4,8-10,12H2,1-3H3. The maximum Gasteiger partial charge on any atom is 0.319 e. The monoisotopic (exact) mass is 265 g/mol. The van der Waals surface area contributed by atoms with Crippen LogP contribution in [-0.2, 0) is 9.53 Å².